The summed E-state index contributed by atoms with van der Waals surface area (Å²) >= 11 is 1.52. The van der Waals surface area contributed by atoms with Crippen molar-refractivity contribution in [1.82, 2.24) is 10.0 Å². The Morgan fingerprint density at radius 3 is 2.74 bits per heavy atom. The highest BCUT2D eigenvalue weighted by Crippen LogP contribution is 2.33. The molecule has 1 saturated carbocycles. The van der Waals surface area contributed by atoms with Crippen molar-refractivity contribution in [2.45, 2.75) is 51.1 Å². The van der Waals surface area contributed by atoms with Crippen LogP contribution in [0.4, 0.5) is 0 Å². The molecular formula is C13H22N2O2S2. The van der Waals surface area contributed by atoms with Crippen molar-refractivity contribution in [3.05, 3.63) is 15.8 Å². The molecule has 1 heterocycles. The van der Waals surface area contributed by atoms with Gasteiger partial charge < -0.3 is 5.32 Å². The third kappa shape index (κ3) is 3.56. The maximum Gasteiger partial charge on any atom is 0.242 e. The molecule has 1 aliphatic carbocycles. The third-order valence-electron chi connectivity index (χ3n) is 3.39. The van der Waals surface area contributed by atoms with Crippen LogP contribution < -0.4 is 10.0 Å². The largest absolute Gasteiger partial charge is 0.312 e. The van der Waals surface area contributed by atoms with Gasteiger partial charge in [0.1, 0.15) is 4.90 Å². The van der Waals surface area contributed by atoms with E-state index in [1.807, 2.05) is 12.3 Å². The number of thiophene rings is 1. The van der Waals surface area contributed by atoms with E-state index in [9.17, 15) is 8.42 Å². The number of rotatable bonds is 7. The Morgan fingerprint density at radius 1 is 1.47 bits per heavy atom. The summed E-state index contributed by atoms with van der Waals surface area (Å²) < 4.78 is 27.7. The van der Waals surface area contributed by atoms with Crippen LogP contribution in [-0.4, -0.2) is 21.0 Å². The first-order valence-electron chi connectivity index (χ1n) is 6.75. The first-order valence-corrected chi connectivity index (χ1v) is 9.12. The van der Waals surface area contributed by atoms with Gasteiger partial charge in [-0.3, -0.25) is 0 Å². The van der Waals surface area contributed by atoms with E-state index in [1.165, 1.54) is 11.3 Å². The predicted octanol–water partition coefficient (Wildman–Crippen LogP) is 2.24. The zero-order valence-electron chi connectivity index (χ0n) is 11.7. The Kier molecular flexibility index (Phi) is 4.66. The lowest BCUT2D eigenvalue weighted by Gasteiger charge is -2.09. The molecule has 19 heavy (non-hydrogen) atoms. The van der Waals surface area contributed by atoms with E-state index >= 15 is 0 Å². The quantitative estimate of drug-likeness (QED) is 0.760. The molecule has 1 fully saturated rings. The van der Waals surface area contributed by atoms with Gasteiger partial charge in [-0.05, 0) is 43.2 Å². The van der Waals surface area contributed by atoms with E-state index in [2.05, 4.69) is 23.9 Å². The van der Waals surface area contributed by atoms with Gasteiger partial charge in [0.05, 0.1) is 0 Å². The number of sulfonamides is 1. The van der Waals surface area contributed by atoms with Crippen LogP contribution in [0.2, 0.25) is 0 Å². The van der Waals surface area contributed by atoms with Crippen molar-refractivity contribution in [2.75, 3.05) is 6.54 Å². The molecule has 0 radical (unpaired) electrons. The van der Waals surface area contributed by atoms with Crippen LogP contribution in [0.1, 0.15) is 37.1 Å². The molecule has 0 aromatic carbocycles. The van der Waals surface area contributed by atoms with Crippen molar-refractivity contribution in [3.8, 4) is 0 Å². The van der Waals surface area contributed by atoms with Crippen LogP contribution in [0, 0.1) is 12.8 Å². The summed E-state index contributed by atoms with van der Waals surface area (Å²) in [5.74, 6) is 0.468. The molecule has 2 unspecified atom stereocenters. The van der Waals surface area contributed by atoms with Gasteiger partial charge in [0, 0.05) is 17.5 Å². The van der Waals surface area contributed by atoms with Crippen LogP contribution in [0.25, 0.3) is 0 Å². The molecule has 1 aliphatic rings. The van der Waals surface area contributed by atoms with E-state index in [-0.39, 0.29) is 6.04 Å². The number of hydrogen-bond donors (Lipinski definition) is 2. The minimum absolute atomic E-state index is 0.126. The Labute approximate surface area is 119 Å². The van der Waals surface area contributed by atoms with Crippen molar-refractivity contribution in [1.29, 1.82) is 0 Å². The van der Waals surface area contributed by atoms with E-state index < -0.39 is 10.0 Å². The number of aryl methyl sites for hydroxylation is 1. The van der Waals surface area contributed by atoms with E-state index in [0.717, 1.165) is 29.8 Å². The fraction of sp³-hybridized carbons (Fsp3) is 0.692. The van der Waals surface area contributed by atoms with Crippen molar-refractivity contribution < 1.29 is 8.42 Å². The second kappa shape index (κ2) is 5.91. The lowest BCUT2D eigenvalue weighted by Crippen LogP contribution is -2.28. The molecule has 2 N–H and O–H groups in total. The van der Waals surface area contributed by atoms with Crippen LogP contribution in [0.5, 0.6) is 0 Å². The highest BCUT2D eigenvalue weighted by Gasteiger charge is 2.37. The molecule has 2 rings (SSSR count). The molecule has 1 aromatic rings. The van der Waals surface area contributed by atoms with E-state index in [1.54, 1.807) is 0 Å². The summed E-state index contributed by atoms with van der Waals surface area (Å²) in [6, 6.07) is 0.126. The van der Waals surface area contributed by atoms with Crippen LogP contribution >= 0.6 is 11.3 Å². The molecule has 108 valence electrons. The monoisotopic (exact) mass is 302 g/mol. The van der Waals surface area contributed by atoms with E-state index in [0.29, 0.717) is 17.4 Å². The fourth-order valence-corrected chi connectivity index (χ4v) is 5.23. The predicted molar refractivity (Wildman–Crippen MR) is 78.9 cm³/mol. The normalized spacial score (nSPS) is 22.7. The van der Waals surface area contributed by atoms with Crippen LogP contribution in [0.15, 0.2) is 10.3 Å². The van der Waals surface area contributed by atoms with Crippen LogP contribution in [-0.2, 0) is 16.6 Å². The molecule has 6 heteroatoms. The average molecular weight is 302 g/mol. The zero-order chi connectivity index (χ0) is 14.0. The highest BCUT2D eigenvalue weighted by atomic mass is 32.2. The smallest absolute Gasteiger partial charge is 0.242 e. The van der Waals surface area contributed by atoms with Gasteiger partial charge in [-0.25, -0.2) is 13.1 Å². The van der Waals surface area contributed by atoms with Gasteiger partial charge >= 0.3 is 0 Å². The summed E-state index contributed by atoms with van der Waals surface area (Å²) in [5.41, 5.74) is 0.846. The van der Waals surface area contributed by atoms with Gasteiger partial charge in [-0.2, -0.15) is 0 Å². The Bertz CT molecular complexity index is 537. The average Bonchev–Trinajstić information content (AvgIpc) is 2.86. The molecule has 1 aromatic heterocycles. The summed E-state index contributed by atoms with van der Waals surface area (Å²) in [6.45, 7) is 7.56. The molecule has 4 nitrogen and oxygen atoms in total. The summed E-state index contributed by atoms with van der Waals surface area (Å²) in [6.07, 6.45) is 2.00. The second-order valence-electron chi connectivity index (χ2n) is 5.29. The molecule has 2 atom stereocenters. The van der Waals surface area contributed by atoms with Gasteiger partial charge in [0.25, 0.3) is 0 Å². The standard InChI is InChI=1S/C13H22N2O2S2/c1-4-5-14-7-12-13(10(3)8-18-12)19(16,17)15-11-6-9(11)2/h8-9,11,14-15H,4-7H2,1-3H3. The van der Waals surface area contributed by atoms with Gasteiger partial charge in [-0.1, -0.05) is 13.8 Å². The van der Waals surface area contributed by atoms with Gasteiger partial charge in [-0.15, -0.1) is 11.3 Å². The lowest BCUT2D eigenvalue weighted by atomic mass is 10.3. The maximum absolute atomic E-state index is 12.4. The van der Waals surface area contributed by atoms with Crippen LogP contribution in [0.3, 0.4) is 0 Å². The molecule has 0 amide bonds. The first-order chi connectivity index (χ1) is 8.95. The van der Waals surface area contributed by atoms with Crippen molar-refractivity contribution in [2.24, 2.45) is 5.92 Å². The Hall–Kier alpha value is -0.430. The Balaban J connectivity index is 2.15. The van der Waals surface area contributed by atoms with Gasteiger partial charge in [0.15, 0.2) is 0 Å². The number of hydrogen-bond acceptors (Lipinski definition) is 4. The minimum atomic E-state index is -3.36. The summed E-state index contributed by atoms with van der Waals surface area (Å²) in [4.78, 5) is 1.40. The lowest BCUT2D eigenvalue weighted by molar-refractivity contribution is 0.575. The highest BCUT2D eigenvalue weighted by molar-refractivity contribution is 7.89. The molecule has 0 aliphatic heterocycles. The molecule has 0 spiro atoms. The fourth-order valence-electron chi connectivity index (χ4n) is 2.09. The third-order valence-corrected chi connectivity index (χ3v) is 6.34. The molecular weight excluding hydrogens is 280 g/mol. The van der Waals surface area contributed by atoms with Crippen molar-refractivity contribution >= 4 is 21.4 Å². The van der Waals surface area contributed by atoms with Gasteiger partial charge in [0.2, 0.25) is 10.0 Å². The van der Waals surface area contributed by atoms with E-state index in [4.69, 9.17) is 0 Å². The topological polar surface area (TPSA) is 58.2 Å². The first kappa shape index (κ1) is 15.0. The Morgan fingerprint density at radius 2 is 2.16 bits per heavy atom. The minimum Gasteiger partial charge on any atom is -0.312 e. The SMILES string of the molecule is CCCNCc1scc(C)c1S(=O)(=O)NC1CC1C. The molecule has 0 saturated heterocycles. The summed E-state index contributed by atoms with van der Waals surface area (Å²) in [7, 11) is -3.36. The molecule has 0 bridgehead atoms. The zero-order valence-corrected chi connectivity index (χ0v) is 13.3. The summed E-state index contributed by atoms with van der Waals surface area (Å²) in [5, 5.41) is 5.20. The number of nitrogens with one attached hydrogen (secondary N) is 2. The van der Waals surface area contributed by atoms with Crippen molar-refractivity contribution in [3.63, 3.8) is 0 Å². The second-order valence-corrected chi connectivity index (χ2v) is 7.90. The maximum atomic E-state index is 12.4.